The molecule has 2 aromatic rings. The summed E-state index contributed by atoms with van der Waals surface area (Å²) in [6.07, 6.45) is 3.02. The monoisotopic (exact) mass is 521 g/mol. The van der Waals surface area contributed by atoms with Crippen molar-refractivity contribution in [2.24, 2.45) is 0 Å². The SMILES string of the molecule is CCN(CC)S(=O)(=O)c1ccc(C(=O)NCCC2CCCCN2S(=O)(=O)c2ccc(C)cc2)cc1. The summed E-state index contributed by atoms with van der Waals surface area (Å²) in [6.45, 7) is 7.02. The van der Waals surface area contributed by atoms with Crippen LogP contribution >= 0.6 is 0 Å². The van der Waals surface area contributed by atoms with Crippen LogP contribution in [0, 0.1) is 6.92 Å². The maximum atomic E-state index is 13.2. The zero-order valence-electron chi connectivity index (χ0n) is 20.6. The van der Waals surface area contributed by atoms with Gasteiger partial charge in [-0.2, -0.15) is 8.61 Å². The molecule has 0 spiro atoms. The largest absolute Gasteiger partial charge is 0.352 e. The Morgan fingerprint density at radius 2 is 1.54 bits per heavy atom. The Labute approximate surface area is 209 Å². The van der Waals surface area contributed by atoms with Crippen LogP contribution in [0.5, 0.6) is 0 Å². The lowest BCUT2D eigenvalue weighted by molar-refractivity contribution is 0.0949. The molecule has 0 radical (unpaired) electrons. The van der Waals surface area contributed by atoms with Gasteiger partial charge < -0.3 is 5.32 Å². The van der Waals surface area contributed by atoms with Crippen molar-refractivity contribution in [1.29, 1.82) is 0 Å². The van der Waals surface area contributed by atoms with Crippen molar-refractivity contribution in [2.45, 2.75) is 62.3 Å². The fourth-order valence-corrected chi connectivity index (χ4v) is 7.55. The first-order chi connectivity index (χ1) is 16.6. The molecule has 1 amide bonds. The van der Waals surface area contributed by atoms with E-state index < -0.39 is 20.0 Å². The van der Waals surface area contributed by atoms with Crippen LogP contribution in [0.3, 0.4) is 0 Å². The fraction of sp³-hybridized carbons (Fsp3) is 0.480. The highest BCUT2D eigenvalue weighted by molar-refractivity contribution is 7.89. The Kier molecular flexibility index (Phi) is 9.09. The minimum atomic E-state index is -3.60. The van der Waals surface area contributed by atoms with Gasteiger partial charge in [-0.25, -0.2) is 16.8 Å². The summed E-state index contributed by atoms with van der Waals surface area (Å²) >= 11 is 0. The first-order valence-corrected chi connectivity index (χ1v) is 15.0. The van der Waals surface area contributed by atoms with Crippen LogP contribution in [0.2, 0.25) is 0 Å². The molecule has 1 N–H and O–H groups in total. The maximum absolute atomic E-state index is 13.2. The Morgan fingerprint density at radius 3 is 2.14 bits per heavy atom. The second kappa shape index (κ2) is 11.6. The van der Waals surface area contributed by atoms with E-state index in [-0.39, 0.29) is 16.8 Å². The molecule has 1 atom stereocenters. The minimum absolute atomic E-state index is 0.150. The molecule has 0 saturated carbocycles. The molecule has 0 aromatic heterocycles. The number of sulfonamides is 2. The first kappa shape index (κ1) is 27.3. The Morgan fingerprint density at radius 1 is 0.943 bits per heavy atom. The number of benzene rings is 2. The van der Waals surface area contributed by atoms with Gasteiger partial charge in [0.25, 0.3) is 5.91 Å². The van der Waals surface area contributed by atoms with Gasteiger partial charge in [-0.15, -0.1) is 0 Å². The highest BCUT2D eigenvalue weighted by Crippen LogP contribution is 2.27. The van der Waals surface area contributed by atoms with Crippen molar-refractivity contribution in [3.05, 3.63) is 59.7 Å². The molecular formula is C25H35N3O5S2. The second-order valence-electron chi connectivity index (χ2n) is 8.74. The number of hydrogen-bond donors (Lipinski definition) is 1. The lowest BCUT2D eigenvalue weighted by atomic mass is 10.0. The van der Waals surface area contributed by atoms with Crippen molar-refractivity contribution >= 4 is 26.0 Å². The van der Waals surface area contributed by atoms with E-state index in [0.29, 0.717) is 43.1 Å². The summed E-state index contributed by atoms with van der Waals surface area (Å²) in [5, 5.41) is 2.85. The molecule has 10 heteroatoms. The Bertz CT molecular complexity index is 1210. The average Bonchev–Trinajstić information content (AvgIpc) is 2.85. The summed E-state index contributed by atoms with van der Waals surface area (Å²) < 4.78 is 54.6. The highest BCUT2D eigenvalue weighted by Gasteiger charge is 2.33. The van der Waals surface area contributed by atoms with Gasteiger partial charge in [0.1, 0.15) is 0 Å². The highest BCUT2D eigenvalue weighted by atomic mass is 32.2. The molecule has 1 aliphatic heterocycles. The van der Waals surface area contributed by atoms with E-state index in [0.717, 1.165) is 24.8 Å². The molecule has 2 aromatic carbocycles. The number of carbonyl (C=O) groups is 1. The molecule has 1 aliphatic rings. The number of piperidine rings is 1. The number of hydrogen-bond acceptors (Lipinski definition) is 5. The van der Waals surface area contributed by atoms with Crippen molar-refractivity contribution in [2.75, 3.05) is 26.2 Å². The predicted octanol–water partition coefficient (Wildman–Crippen LogP) is 3.39. The molecule has 1 fully saturated rings. The van der Waals surface area contributed by atoms with Crippen LogP contribution in [0.1, 0.15) is 55.5 Å². The van der Waals surface area contributed by atoms with E-state index in [1.165, 1.54) is 28.6 Å². The zero-order valence-corrected chi connectivity index (χ0v) is 22.2. The van der Waals surface area contributed by atoms with E-state index in [1.54, 1.807) is 42.4 Å². The minimum Gasteiger partial charge on any atom is -0.352 e. The molecule has 192 valence electrons. The van der Waals surface area contributed by atoms with Crippen LogP contribution < -0.4 is 5.32 Å². The number of nitrogens with zero attached hydrogens (tertiary/aromatic N) is 2. The zero-order chi connectivity index (χ0) is 25.6. The number of rotatable bonds is 10. The van der Waals surface area contributed by atoms with Gasteiger partial charge in [0.05, 0.1) is 9.79 Å². The van der Waals surface area contributed by atoms with Gasteiger partial charge in [-0.05, 0) is 62.6 Å². The molecule has 1 heterocycles. The average molecular weight is 522 g/mol. The van der Waals surface area contributed by atoms with Crippen LogP contribution in [0.15, 0.2) is 58.3 Å². The molecule has 0 bridgehead atoms. The van der Waals surface area contributed by atoms with Crippen molar-refractivity contribution in [3.8, 4) is 0 Å². The second-order valence-corrected chi connectivity index (χ2v) is 12.6. The Balaban J connectivity index is 1.62. The summed E-state index contributed by atoms with van der Waals surface area (Å²) in [5.74, 6) is -0.319. The van der Waals surface area contributed by atoms with Gasteiger partial charge in [0, 0.05) is 37.8 Å². The normalized spacial score (nSPS) is 17.4. The first-order valence-electron chi connectivity index (χ1n) is 12.1. The van der Waals surface area contributed by atoms with E-state index in [1.807, 2.05) is 6.92 Å². The molecule has 35 heavy (non-hydrogen) atoms. The van der Waals surface area contributed by atoms with Crippen molar-refractivity contribution in [3.63, 3.8) is 0 Å². The summed E-state index contributed by atoms with van der Waals surface area (Å²) in [5.41, 5.74) is 1.36. The smallest absolute Gasteiger partial charge is 0.251 e. The van der Waals surface area contributed by atoms with Gasteiger partial charge in [0.15, 0.2) is 0 Å². The summed E-state index contributed by atoms with van der Waals surface area (Å²) in [4.78, 5) is 13.1. The third-order valence-corrected chi connectivity index (χ3v) is 10.5. The van der Waals surface area contributed by atoms with Crippen LogP contribution in [0.4, 0.5) is 0 Å². The number of amides is 1. The van der Waals surface area contributed by atoms with Crippen LogP contribution in [-0.2, 0) is 20.0 Å². The number of nitrogens with one attached hydrogen (secondary N) is 1. The van der Waals surface area contributed by atoms with Crippen molar-refractivity contribution < 1.29 is 21.6 Å². The van der Waals surface area contributed by atoms with E-state index in [9.17, 15) is 21.6 Å². The molecule has 8 nitrogen and oxygen atoms in total. The standard InChI is InChI=1S/C25H35N3O5S2/c1-4-27(5-2)34(30,31)23-15-11-21(12-16-23)25(29)26-18-17-22-8-6-7-19-28(22)35(32,33)24-13-9-20(3)10-14-24/h9-16,22H,4-8,17-19H2,1-3H3,(H,26,29). The number of carbonyl (C=O) groups excluding carboxylic acids is 1. The van der Waals surface area contributed by atoms with E-state index in [4.69, 9.17) is 0 Å². The fourth-order valence-electron chi connectivity index (χ4n) is 4.37. The quantitative estimate of drug-likeness (QED) is 0.516. The molecule has 1 unspecified atom stereocenters. The third-order valence-electron chi connectivity index (χ3n) is 6.42. The predicted molar refractivity (Wildman–Crippen MR) is 136 cm³/mol. The van der Waals surface area contributed by atoms with Crippen LogP contribution in [-0.4, -0.2) is 63.6 Å². The lowest BCUT2D eigenvalue weighted by Crippen LogP contribution is -2.45. The molecular weight excluding hydrogens is 486 g/mol. The van der Waals surface area contributed by atoms with Crippen molar-refractivity contribution in [1.82, 2.24) is 13.9 Å². The van der Waals surface area contributed by atoms with Gasteiger partial charge in [-0.3, -0.25) is 4.79 Å². The van der Waals surface area contributed by atoms with E-state index in [2.05, 4.69) is 5.32 Å². The summed E-state index contributed by atoms with van der Waals surface area (Å²) in [6, 6.07) is 12.6. The van der Waals surface area contributed by atoms with E-state index >= 15 is 0 Å². The Hall–Kier alpha value is -2.27. The molecule has 0 aliphatic carbocycles. The number of aryl methyl sites for hydroxylation is 1. The lowest BCUT2D eigenvalue weighted by Gasteiger charge is -2.34. The topological polar surface area (TPSA) is 104 Å². The van der Waals surface area contributed by atoms with Gasteiger partial charge in [-0.1, -0.05) is 38.0 Å². The molecule has 1 saturated heterocycles. The van der Waals surface area contributed by atoms with Crippen LogP contribution in [0.25, 0.3) is 0 Å². The van der Waals surface area contributed by atoms with Gasteiger partial charge >= 0.3 is 0 Å². The third kappa shape index (κ3) is 6.30. The summed E-state index contributed by atoms with van der Waals surface area (Å²) in [7, 11) is -7.18. The van der Waals surface area contributed by atoms with Gasteiger partial charge in [0.2, 0.25) is 20.0 Å². The maximum Gasteiger partial charge on any atom is 0.251 e. The molecule has 3 rings (SSSR count).